The molecule has 0 amide bonds. The Kier molecular flexibility index (Phi) is 4.01. The summed E-state index contributed by atoms with van der Waals surface area (Å²) in [5.41, 5.74) is 0.920. The van der Waals surface area contributed by atoms with Gasteiger partial charge in [-0.05, 0) is 12.1 Å². The molecule has 1 atom stereocenters. The second-order valence-electron chi connectivity index (χ2n) is 4.13. The van der Waals surface area contributed by atoms with Crippen molar-refractivity contribution >= 4 is 17.6 Å². The maximum absolute atomic E-state index is 11.7. The molecule has 0 aromatic heterocycles. The van der Waals surface area contributed by atoms with Crippen LogP contribution in [-0.2, 0) is 14.3 Å². The fourth-order valence-electron chi connectivity index (χ4n) is 2.10. The number of esters is 1. The smallest absolute Gasteiger partial charge is 0.339 e. The van der Waals surface area contributed by atoms with Crippen molar-refractivity contribution < 1.29 is 24.2 Å². The molecule has 6 heteroatoms. The highest BCUT2D eigenvalue weighted by Gasteiger charge is 2.31. The van der Waals surface area contributed by atoms with Crippen molar-refractivity contribution in [3.8, 4) is 0 Å². The van der Waals surface area contributed by atoms with Crippen molar-refractivity contribution in [2.75, 3.05) is 31.8 Å². The highest BCUT2D eigenvalue weighted by molar-refractivity contribution is 5.96. The van der Waals surface area contributed by atoms with E-state index < -0.39 is 18.0 Å². The molecule has 1 N–H and O–H groups in total. The lowest BCUT2D eigenvalue weighted by Gasteiger charge is -2.35. The molecule has 1 aromatic carbocycles. The standard InChI is InChI=1S/C13H15NO5/c1-18-13(17)9-4-2-3-5-10(9)14-6-7-19-8-11(14)12(15)16/h2-5,11H,6-8H2,1H3,(H,15,16). The van der Waals surface area contributed by atoms with Crippen LogP contribution in [0.3, 0.4) is 0 Å². The fraction of sp³-hybridized carbons (Fsp3) is 0.385. The van der Waals surface area contributed by atoms with E-state index in [1.165, 1.54) is 7.11 Å². The summed E-state index contributed by atoms with van der Waals surface area (Å²) in [5.74, 6) is -1.45. The summed E-state index contributed by atoms with van der Waals surface area (Å²) in [6, 6.07) is 6.02. The van der Waals surface area contributed by atoms with E-state index in [0.717, 1.165) is 0 Å². The summed E-state index contributed by atoms with van der Waals surface area (Å²) in [6.07, 6.45) is 0. The van der Waals surface area contributed by atoms with Crippen LogP contribution >= 0.6 is 0 Å². The first kappa shape index (κ1) is 13.4. The first-order valence-corrected chi connectivity index (χ1v) is 5.89. The lowest BCUT2D eigenvalue weighted by atomic mass is 10.1. The van der Waals surface area contributed by atoms with Gasteiger partial charge in [-0.25, -0.2) is 9.59 Å². The summed E-state index contributed by atoms with van der Waals surface area (Å²) in [5, 5.41) is 9.22. The normalized spacial score (nSPS) is 19.0. The van der Waals surface area contributed by atoms with E-state index in [0.29, 0.717) is 24.4 Å². The molecule has 0 bridgehead atoms. The van der Waals surface area contributed by atoms with Gasteiger partial charge in [-0.2, -0.15) is 0 Å². The molecular weight excluding hydrogens is 250 g/mol. The van der Waals surface area contributed by atoms with E-state index in [9.17, 15) is 14.7 Å². The van der Waals surface area contributed by atoms with Gasteiger partial charge in [0.2, 0.25) is 0 Å². The minimum atomic E-state index is -0.973. The number of benzene rings is 1. The topological polar surface area (TPSA) is 76.1 Å². The molecule has 0 radical (unpaired) electrons. The number of carbonyl (C=O) groups is 2. The zero-order chi connectivity index (χ0) is 13.8. The molecule has 1 fully saturated rings. The van der Waals surface area contributed by atoms with Gasteiger partial charge in [0, 0.05) is 6.54 Å². The number of rotatable bonds is 3. The highest BCUT2D eigenvalue weighted by atomic mass is 16.5. The van der Waals surface area contributed by atoms with E-state index >= 15 is 0 Å². The number of morpholine rings is 1. The fourth-order valence-corrected chi connectivity index (χ4v) is 2.10. The summed E-state index contributed by atoms with van der Waals surface area (Å²) in [6.45, 7) is 0.953. The quantitative estimate of drug-likeness (QED) is 0.813. The van der Waals surface area contributed by atoms with Crippen LogP contribution in [-0.4, -0.2) is 50.0 Å². The maximum atomic E-state index is 11.7. The number of carboxylic acids is 1. The highest BCUT2D eigenvalue weighted by Crippen LogP contribution is 2.25. The maximum Gasteiger partial charge on any atom is 0.339 e. The van der Waals surface area contributed by atoms with Gasteiger partial charge < -0.3 is 19.5 Å². The Morgan fingerprint density at radius 1 is 1.42 bits per heavy atom. The number of anilines is 1. The Morgan fingerprint density at radius 3 is 2.84 bits per heavy atom. The van der Waals surface area contributed by atoms with Gasteiger partial charge in [0.05, 0.1) is 31.6 Å². The predicted octanol–water partition coefficient (Wildman–Crippen LogP) is 0.763. The number of methoxy groups -OCH3 is 1. The average Bonchev–Trinajstić information content (AvgIpc) is 2.46. The Hall–Kier alpha value is -2.08. The van der Waals surface area contributed by atoms with E-state index in [1.54, 1.807) is 29.2 Å². The minimum Gasteiger partial charge on any atom is -0.480 e. The van der Waals surface area contributed by atoms with E-state index in [1.807, 2.05) is 0 Å². The number of hydrogen-bond donors (Lipinski definition) is 1. The molecule has 0 saturated carbocycles. The Bertz CT molecular complexity index is 488. The van der Waals surface area contributed by atoms with Gasteiger partial charge >= 0.3 is 11.9 Å². The molecular formula is C13H15NO5. The number of para-hydroxylation sites is 1. The van der Waals surface area contributed by atoms with Gasteiger partial charge in [0.1, 0.15) is 0 Å². The Labute approximate surface area is 110 Å². The Morgan fingerprint density at radius 2 is 2.16 bits per heavy atom. The van der Waals surface area contributed by atoms with Crippen molar-refractivity contribution in [2.45, 2.75) is 6.04 Å². The number of nitrogens with zero attached hydrogens (tertiary/aromatic N) is 1. The van der Waals surface area contributed by atoms with Crippen LogP contribution in [0.5, 0.6) is 0 Å². The van der Waals surface area contributed by atoms with Crippen LogP contribution in [0.2, 0.25) is 0 Å². The molecule has 1 aromatic rings. The van der Waals surface area contributed by atoms with E-state index in [-0.39, 0.29) is 6.61 Å². The summed E-state index contributed by atoms with van der Waals surface area (Å²) in [4.78, 5) is 24.6. The number of carboxylic acid groups (broad SMARTS) is 1. The monoisotopic (exact) mass is 265 g/mol. The predicted molar refractivity (Wildman–Crippen MR) is 67.4 cm³/mol. The molecule has 2 rings (SSSR count). The number of aliphatic carboxylic acids is 1. The molecule has 19 heavy (non-hydrogen) atoms. The van der Waals surface area contributed by atoms with Gasteiger partial charge in [0.15, 0.2) is 6.04 Å². The van der Waals surface area contributed by atoms with Crippen LogP contribution in [0.15, 0.2) is 24.3 Å². The summed E-state index contributed by atoms with van der Waals surface area (Å²) in [7, 11) is 1.30. The molecule has 1 aliphatic rings. The molecule has 102 valence electrons. The van der Waals surface area contributed by atoms with Crippen molar-refractivity contribution in [1.82, 2.24) is 0 Å². The molecule has 0 spiro atoms. The van der Waals surface area contributed by atoms with Crippen molar-refractivity contribution in [3.05, 3.63) is 29.8 Å². The Balaban J connectivity index is 2.39. The lowest BCUT2D eigenvalue weighted by molar-refractivity contribution is -0.141. The van der Waals surface area contributed by atoms with Crippen molar-refractivity contribution in [3.63, 3.8) is 0 Å². The van der Waals surface area contributed by atoms with Gasteiger partial charge in [-0.1, -0.05) is 12.1 Å². The van der Waals surface area contributed by atoms with Crippen molar-refractivity contribution in [1.29, 1.82) is 0 Å². The number of ether oxygens (including phenoxy) is 2. The molecule has 1 unspecified atom stereocenters. The third-order valence-electron chi connectivity index (χ3n) is 3.03. The second kappa shape index (κ2) is 5.71. The third-order valence-corrected chi connectivity index (χ3v) is 3.03. The SMILES string of the molecule is COC(=O)c1ccccc1N1CCOCC1C(=O)O. The molecule has 0 aliphatic carbocycles. The van der Waals surface area contributed by atoms with Crippen LogP contribution in [0.25, 0.3) is 0 Å². The van der Waals surface area contributed by atoms with Crippen LogP contribution in [0.4, 0.5) is 5.69 Å². The molecule has 6 nitrogen and oxygen atoms in total. The van der Waals surface area contributed by atoms with Crippen LogP contribution in [0, 0.1) is 0 Å². The zero-order valence-electron chi connectivity index (χ0n) is 10.5. The van der Waals surface area contributed by atoms with E-state index in [4.69, 9.17) is 9.47 Å². The van der Waals surface area contributed by atoms with Crippen LogP contribution < -0.4 is 4.90 Å². The van der Waals surface area contributed by atoms with Gasteiger partial charge in [-0.15, -0.1) is 0 Å². The lowest BCUT2D eigenvalue weighted by Crippen LogP contribution is -2.50. The molecule has 1 heterocycles. The summed E-state index contributed by atoms with van der Waals surface area (Å²) < 4.78 is 9.90. The van der Waals surface area contributed by atoms with Crippen molar-refractivity contribution in [2.24, 2.45) is 0 Å². The first-order valence-electron chi connectivity index (χ1n) is 5.89. The second-order valence-corrected chi connectivity index (χ2v) is 4.13. The largest absolute Gasteiger partial charge is 0.480 e. The molecule has 1 aliphatic heterocycles. The summed E-state index contributed by atoms with van der Waals surface area (Å²) >= 11 is 0. The minimum absolute atomic E-state index is 0.102. The number of hydrogen-bond acceptors (Lipinski definition) is 5. The average molecular weight is 265 g/mol. The first-order chi connectivity index (χ1) is 9.15. The van der Waals surface area contributed by atoms with Gasteiger partial charge in [0.25, 0.3) is 0 Å². The van der Waals surface area contributed by atoms with E-state index in [2.05, 4.69) is 0 Å². The molecule has 1 saturated heterocycles. The third kappa shape index (κ3) is 2.68. The van der Waals surface area contributed by atoms with Gasteiger partial charge in [-0.3, -0.25) is 0 Å². The van der Waals surface area contributed by atoms with Crippen LogP contribution in [0.1, 0.15) is 10.4 Å². The zero-order valence-corrected chi connectivity index (χ0v) is 10.5. The number of carbonyl (C=O) groups excluding carboxylic acids is 1.